The molecular formula is C23H35N3O2. The van der Waals surface area contributed by atoms with Crippen molar-refractivity contribution in [1.29, 1.82) is 0 Å². The highest BCUT2D eigenvalue weighted by Gasteiger charge is 2.57. The molecule has 0 spiro atoms. The van der Waals surface area contributed by atoms with Crippen LogP contribution in [-0.2, 0) is 4.84 Å². The minimum atomic E-state index is 0.113. The Labute approximate surface area is 168 Å². The van der Waals surface area contributed by atoms with Gasteiger partial charge in [-0.15, -0.1) is 0 Å². The minimum Gasteiger partial charge on any atom is -0.411 e. The van der Waals surface area contributed by atoms with E-state index in [0.29, 0.717) is 17.3 Å². The Morgan fingerprint density at radius 1 is 1.14 bits per heavy atom. The molecule has 1 aliphatic heterocycles. The summed E-state index contributed by atoms with van der Waals surface area (Å²) in [5.41, 5.74) is 3.79. The molecule has 5 heteroatoms. The Kier molecular flexibility index (Phi) is 4.57. The number of fused-ring (bicyclic) bond motifs is 5. The van der Waals surface area contributed by atoms with Crippen LogP contribution in [0.1, 0.15) is 71.6 Å². The number of hydrogen-bond acceptors (Lipinski definition) is 5. The average molecular weight is 386 g/mol. The van der Waals surface area contributed by atoms with Crippen molar-refractivity contribution >= 4 is 11.4 Å². The lowest BCUT2D eigenvalue weighted by molar-refractivity contribution is -0.0150. The minimum absolute atomic E-state index is 0.113. The van der Waals surface area contributed by atoms with Crippen LogP contribution >= 0.6 is 0 Å². The summed E-state index contributed by atoms with van der Waals surface area (Å²) in [6.07, 6.45) is 13.2. The summed E-state index contributed by atoms with van der Waals surface area (Å²) >= 11 is 0. The third-order valence-corrected chi connectivity index (χ3v) is 9.06. The quantitative estimate of drug-likeness (QED) is 0.543. The maximum atomic E-state index is 9.90. The molecule has 0 aromatic rings. The number of rotatable bonds is 2. The van der Waals surface area contributed by atoms with Gasteiger partial charge in [0.25, 0.3) is 0 Å². The molecule has 0 aromatic heterocycles. The van der Waals surface area contributed by atoms with Gasteiger partial charge >= 0.3 is 0 Å². The van der Waals surface area contributed by atoms with Crippen LogP contribution in [0.2, 0.25) is 0 Å². The third-order valence-electron chi connectivity index (χ3n) is 9.06. The van der Waals surface area contributed by atoms with E-state index in [1.165, 1.54) is 37.7 Å². The van der Waals surface area contributed by atoms with E-state index in [1.54, 1.807) is 0 Å². The zero-order chi connectivity index (χ0) is 19.4. The van der Waals surface area contributed by atoms with Gasteiger partial charge in [0.1, 0.15) is 6.10 Å². The van der Waals surface area contributed by atoms with Gasteiger partial charge in [0.15, 0.2) is 0 Å². The third kappa shape index (κ3) is 2.84. The van der Waals surface area contributed by atoms with Crippen molar-refractivity contribution in [2.24, 2.45) is 38.9 Å². The average Bonchev–Trinajstić information content (AvgIpc) is 3.34. The Hall–Kier alpha value is -1.36. The van der Waals surface area contributed by atoms with Gasteiger partial charge in [-0.1, -0.05) is 30.6 Å². The summed E-state index contributed by atoms with van der Waals surface area (Å²) in [6, 6.07) is 0. The van der Waals surface area contributed by atoms with Gasteiger partial charge in [-0.25, -0.2) is 0 Å². The SMILES string of the molecule is C[C@@]12CCC[C@H]1[C@@H]1C/C(=N\O)C3=CC(=NO[C@H]4CCNC4)CC[C@]3(C)[C@H]1CC2. The maximum Gasteiger partial charge on any atom is 0.141 e. The maximum absolute atomic E-state index is 9.90. The van der Waals surface area contributed by atoms with E-state index in [-0.39, 0.29) is 11.5 Å². The van der Waals surface area contributed by atoms with E-state index in [0.717, 1.165) is 56.1 Å². The summed E-state index contributed by atoms with van der Waals surface area (Å²) in [7, 11) is 0. The molecule has 4 fully saturated rings. The second kappa shape index (κ2) is 6.86. The number of nitrogens with one attached hydrogen (secondary N) is 1. The van der Waals surface area contributed by atoms with Crippen molar-refractivity contribution in [3.63, 3.8) is 0 Å². The molecule has 0 unspecified atom stereocenters. The number of nitrogens with zero attached hydrogens (tertiary/aromatic N) is 2. The summed E-state index contributed by atoms with van der Waals surface area (Å²) in [5.74, 6) is 2.19. The fourth-order valence-corrected chi connectivity index (χ4v) is 7.44. The lowest BCUT2D eigenvalue weighted by Crippen LogP contribution is -2.52. The van der Waals surface area contributed by atoms with E-state index in [4.69, 9.17) is 4.84 Å². The first-order valence-electron chi connectivity index (χ1n) is 11.4. The second-order valence-electron chi connectivity index (χ2n) is 10.5. The van der Waals surface area contributed by atoms with Crippen molar-refractivity contribution in [1.82, 2.24) is 5.32 Å². The van der Waals surface area contributed by atoms with Crippen molar-refractivity contribution < 1.29 is 10.0 Å². The Morgan fingerprint density at radius 3 is 2.82 bits per heavy atom. The molecule has 4 aliphatic carbocycles. The van der Waals surface area contributed by atoms with Crippen molar-refractivity contribution in [2.45, 2.75) is 77.7 Å². The highest BCUT2D eigenvalue weighted by atomic mass is 16.6. The van der Waals surface area contributed by atoms with Crippen molar-refractivity contribution in [3.05, 3.63) is 11.6 Å². The van der Waals surface area contributed by atoms with E-state index < -0.39 is 0 Å². The summed E-state index contributed by atoms with van der Waals surface area (Å²) in [4.78, 5) is 5.78. The monoisotopic (exact) mass is 385 g/mol. The van der Waals surface area contributed by atoms with E-state index in [9.17, 15) is 5.21 Å². The first-order chi connectivity index (χ1) is 13.5. The van der Waals surface area contributed by atoms with Crippen LogP contribution in [-0.4, -0.2) is 35.8 Å². The van der Waals surface area contributed by atoms with Crippen LogP contribution in [0.5, 0.6) is 0 Å². The zero-order valence-electron chi connectivity index (χ0n) is 17.4. The van der Waals surface area contributed by atoms with Crippen LogP contribution in [0, 0.1) is 28.6 Å². The molecule has 28 heavy (non-hydrogen) atoms. The fourth-order valence-electron chi connectivity index (χ4n) is 7.44. The van der Waals surface area contributed by atoms with Gasteiger partial charge in [-0.2, -0.15) is 0 Å². The molecule has 154 valence electrons. The fraction of sp³-hybridized carbons (Fsp3) is 0.826. The molecule has 1 heterocycles. The summed E-state index contributed by atoms with van der Waals surface area (Å²) < 4.78 is 0. The molecule has 0 aromatic carbocycles. The van der Waals surface area contributed by atoms with Crippen molar-refractivity contribution in [3.8, 4) is 0 Å². The lowest BCUT2D eigenvalue weighted by atomic mass is 9.47. The smallest absolute Gasteiger partial charge is 0.141 e. The largest absolute Gasteiger partial charge is 0.411 e. The molecule has 0 radical (unpaired) electrons. The number of allylic oxidation sites excluding steroid dienone is 2. The first-order valence-corrected chi connectivity index (χ1v) is 11.4. The second-order valence-corrected chi connectivity index (χ2v) is 10.5. The molecule has 2 N–H and O–H groups in total. The normalized spacial score (nSPS) is 48.1. The van der Waals surface area contributed by atoms with Gasteiger partial charge in [-0.3, -0.25) is 0 Å². The van der Waals surface area contributed by atoms with Crippen molar-refractivity contribution in [2.75, 3.05) is 13.1 Å². The Bertz CT molecular complexity index is 723. The highest BCUT2D eigenvalue weighted by molar-refractivity contribution is 6.09. The van der Waals surface area contributed by atoms with Crippen LogP contribution < -0.4 is 5.32 Å². The Balaban J connectivity index is 1.44. The van der Waals surface area contributed by atoms with E-state index in [1.807, 2.05) is 0 Å². The number of hydrogen-bond donors (Lipinski definition) is 2. The first kappa shape index (κ1) is 18.7. The molecule has 5 nitrogen and oxygen atoms in total. The lowest BCUT2D eigenvalue weighted by Gasteiger charge is -2.57. The van der Waals surface area contributed by atoms with Gasteiger partial charge in [0, 0.05) is 13.0 Å². The van der Waals surface area contributed by atoms with Crippen LogP contribution in [0.15, 0.2) is 22.0 Å². The summed E-state index contributed by atoms with van der Waals surface area (Å²) in [6.45, 7) is 6.85. The molecule has 5 rings (SSSR count). The highest BCUT2D eigenvalue weighted by Crippen LogP contribution is 2.64. The molecular weight excluding hydrogens is 350 g/mol. The topological polar surface area (TPSA) is 66.2 Å². The van der Waals surface area contributed by atoms with Gasteiger partial charge in [-0.05, 0) is 91.7 Å². The van der Waals surface area contributed by atoms with Gasteiger partial charge in [0.2, 0.25) is 0 Å². The zero-order valence-corrected chi connectivity index (χ0v) is 17.4. The predicted octanol–water partition coefficient (Wildman–Crippen LogP) is 4.51. The standard InChI is InChI=1S/C23H35N3O2/c1-22-8-3-4-18(22)17-13-21(25-27)20-12-15(26-28-16-7-11-24-14-16)5-10-23(20,2)19(17)6-9-22/h12,16-19,24,27H,3-11,13-14H2,1-2H3/b25-21+,26-15?/t16-,17-,18-,19-,22-,23+/m0/s1. The van der Waals surface area contributed by atoms with Crippen LogP contribution in [0.3, 0.4) is 0 Å². The van der Waals surface area contributed by atoms with Crippen LogP contribution in [0.25, 0.3) is 0 Å². The van der Waals surface area contributed by atoms with E-state index >= 15 is 0 Å². The molecule has 0 bridgehead atoms. The van der Waals surface area contributed by atoms with Crippen LogP contribution in [0.4, 0.5) is 0 Å². The predicted molar refractivity (Wildman–Crippen MR) is 111 cm³/mol. The van der Waals surface area contributed by atoms with Gasteiger partial charge in [0.05, 0.1) is 11.4 Å². The number of oxime groups is 2. The van der Waals surface area contributed by atoms with E-state index in [2.05, 4.69) is 35.6 Å². The molecule has 1 saturated heterocycles. The molecule has 6 atom stereocenters. The molecule has 3 saturated carbocycles. The molecule has 0 amide bonds. The van der Waals surface area contributed by atoms with Gasteiger partial charge < -0.3 is 15.4 Å². The summed E-state index contributed by atoms with van der Waals surface area (Å²) in [5, 5.41) is 21.5. The Morgan fingerprint density at radius 2 is 2.04 bits per heavy atom. The molecule has 5 aliphatic rings.